The summed E-state index contributed by atoms with van der Waals surface area (Å²) in [7, 11) is 0. The van der Waals surface area contributed by atoms with Gasteiger partial charge >= 0.3 is 0 Å². The van der Waals surface area contributed by atoms with Crippen LogP contribution in [0.1, 0.15) is 52.7 Å². The maximum absolute atomic E-state index is 14.3. The van der Waals surface area contributed by atoms with E-state index < -0.39 is 0 Å². The van der Waals surface area contributed by atoms with Crippen LogP contribution in [0.2, 0.25) is 0 Å². The van der Waals surface area contributed by atoms with Crippen LogP contribution in [0.3, 0.4) is 0 Å². The maximum atomic E-state index is 14.3. The number of pyridine rings is 1. The molecule has 310 valence electrons. The Hall–Kier alpha value is -6.42. The number of fused-ring (bicyclic) bond motifs is 1. The van der Waals surface area contributed by atoms with Gasteiger partial charge in [-0.15, -0.1) is 23.8 Å². The molecule has 0 unspecified atom stereocenters. The van der Waals surface area contributed by atoms with Gasteiger partial charge in [-0.3, -0.25) is 9.55 Å². The number of benzene rings is 7. The molecule has 9 rings (SSSR count). The summed E-state index contributed by atoms with van der Waals surface area (Å²) in [5, 5.41) is 12.4. The number of para-hydroxylation sites is 2. The van der Waals surface area contributed by atoms with Gasteiger partial charge in [0.15, 0.2) is 0 Å². The van der Waals surface area contributed by atoms with E-state index in [-0.39, 0.29) is 43.5 Å². The molecule has 7 aromatic carbocycles. The normalized spacial score (nSPS) is 11.7. The molecule has 0 aliphatic carbocycles. The molecule has 0 saturated heterocycles. The molecule has 1 N–H and O–H groups in total. The number of rotatable bonds is 7. The van der Waals surface area contributed by atoms with Crippen molar-refractivity contribution >= 4 is 11.0 Å². The minimum atomic E-state index is -0.345. The number of phenols is 1. The quantitative estimate of drug-likeness (QED) is 0.162. The number of hydrogen-bond acceptors (Lipinski definition) is 3. The molecule has 4 nitrogen and oxygen atoms in total. The minimum Gasteiger partial charge on any atom is -0.507 e. The zero-order valence-corrected chi connectivity index (χ0v) is 37.9. The summed E-state index contributed by atoms with van der Waals surface area (Å²) in [6.07, 6.45) is 1.83. The fourth-order valence-electron chi connectivity index (χ4n) is 8.13. The second-order valence-electron chi connectivity index (χ2n) is 17.7. The molecule has 0 aliphatic heterocycles. The molecule has 9 aromatic rings. The zero-order valence-electron chi connectivity index (χ0n) is 35.6. The number of halogens is 1. The van der Waals surface area contributed by atoms with Crippen molar-refractivity contribution in [3.05, 3.63) is 193 Å². The Morgan fingerprint density at radius 2 is 1.18 bits per heavy atom. The molecule has 62 heavy (non-hydrogen) atoms. The van der Waals surface area contributed by atoms with Gasteiger partial charge in [0.05, 0.1) is 22.3 Å². The third kappa shape index (κ3) is 8.18. The predicted molar refractivity (Wildman–Crippen MR) is 249 cm³/mol. The van der Waals surface area contributed by atoms with Crippen LogP contribution in [0.5, 0.6) is 5.75 Å². The van der Waals surface area contributed by atoms with Crippen molar-refractivity contribution in [2.75, 3.05) is 0 Å². The Labute approximate surface area is 378 Å². The van der Waals surface area contributed by atoms with E-state index in [1.165, 1.54) is 12.1 Å². The van der Waals surface area contributed by atoms with Crippen molar-refractivity contribution in [1.29, 1.82) is 0 Å². The summed E-state index contributed by atoms with van der Waals surface area (Å²) in [4.78, 5) is 10.4. The number of hydrogen-bond donors (Lipinski definition) is 1. The van der Waals surface area contributed by atoms with Crippen LogP contribution in [0.15, 0.2) is 170 Å². The van der Waals surface area contributed by atoms with Crippen molar-refractivity contribution in [3.63, 3.8) is 0 Å². The van der Waals surface area contributed by atoms with E-state index in [1.54, 1.807) is 12.1 Å². The Kier molecular flexibility index (Phi) is 11.5. The van der Waals surface area contributed by atoms with Gasteiger partial charge in [-0.25, -0.2) is 9.37 Å². The maximum Gasteiger partial charge on any atom is 0.148 e. The van der Waals surface area contributed by atoms with Gasteiger partial charge < -0.3 is 5.11 Å². The average molecular weight is 992 g/mol. The molecular formula is C56H47FN3OPt-. The molecule has 0 fully saturated rings. The van der Waals surface area contributed by atoms with Gasteiger partial charge in [0, 0.05) is 44.1 Å². The van der Waals surface area contributed by atoms with E-state index >= 15 is 0 Å². The summed E-state index contributed by atoms with van der Waals surface area (Å²) in [6.45, 7) is 13.0. The molecule has 6 heteroatoms. The van der Waals surface area contributed by atoms with Crippen LogP contribution in [0, 0.1) is 11.9 Å². The molecule has 0 spiro atoms. The van der Waals surface area contributed by atoms with E-state index in [0.29, 0.717) is 11.4 Å². The van der Waals surface area contributed by atoms with Gasteiger partial charge in [0.2, 0.25) is 0 Å². The van der Waals surface area contributed by atoms with Crippen LogP contribution in [0.25, 0.3) is 83.9 Å². The van der Waals surface area contributed by atoms with E-state index in [4.69, 9.17) is 9.97 Å². The third-order valence-corrected chi connectivity index (χ3v) is 11.4. The van der Waals surface area contributed by atoms with Crippen molar-refractivity contribution in [2.24, 2.45) is 0 Å². The summed E-state index contributed by atoms with van der Waals surface area (Å²) >= 11 is 0. The molecule has 0 atom stereocenters. The first-order valence-corrected chi connectivity index (χ1v) is 20.7. The number of imidazole rings is 1. The van der Waals surface area contributed by atoms with Crippen molar-refractivity contribution < 1.29 is 30.6 Å². The first-order chi connectivity index (χ1) is 29.3. The number of aromatic nitrogens is 3. The van der Waals surface area contributed by atoms with Crippen LogP contribution in [0.4, 0.5) is 4.39 Å². The molecule has 2 aromatic heterocycles. The topological polar surface area (TPSA) is 50.9 Å². The van der Waals surface area contributed by atoms with E-state index in [9.17, 15) is 9.50 Å². The van der Waals surface area contributed by atoms with Crippen LogP contribution >= 0.6 is 0 Å². The monoisotopic (exact) mass is 991 g/mol. The number of nitrogens with zero attached hydrogens (tertiary/aromatic N) is 3. The van der Waals surface area contributed by atoms with E-state index in [1.807, 2.05) is 36.5 Å². The molecule has 0 aliphatic rings. The van der Waals surface area contributed by atoms with Gasteiger partial charge in [-0.1, -0.05) is 173 Å². The van der Waals surface area contributed by atoms with Gasteiger partial charge in [-0.05, 0) is 75.0 Å². The molecule has 0 amide bonds. The minimum absolute atomic E-state index is 0. The molecule has 0 bridgehead atoms. The molecule has 0 radical (unpaired) electrons. The summed E-state index contributed by atoms with van der Waals surface area (Å²) in [6, 6.07) is 58.1. The molecular weight excluding hydrogens is 945 g/mol. The molecule has 2 heterocycles. The van der Waals surface area contributed by atoms with Gasteiger partial charge in [0.25, 0.3) is 0 Å². The zero-order chi connectivity index (χ0) is 42.5. The van der Waals surface area contributed by atoms with Crippen LogP contribution in [-0.4, -0.2) is 19.6 Å². The first-order valence-electron chi connectivity index (χ1n) is 20.7. The van der Waals surface area contributed by atoms with Crippen molar-refractivity contribution in [2.45, 2.75) is 52.4 Å². The standard InChI is InChI=1S/C56H47FN3O.Pt/c1-55(2,3)43-34-47(53(61)48(35-43)56(4,5)6)54-59-52-46(21-15-23-51(52)60(54)50-22-14-13-20-45(50)38-18-11-8-12-19-38)41-30-40(37-24-26-44(57)27-25-37)31-42(32-41)49-33-39(28-29-58-49)36-16-9-7-10-17-36;/h7-31,33-35,61H,1-6H3;/q-1;. The average Bonchev–Trinajstić information content (AvgIpc) is 3.66. The van der Waals surface area contributed by atoms with Crippen LogP contribution in [-0.2, 0) is 31.9 Å². The Morgan fingerprint density at radius 3 is 1.87 bits per heavy atom. The smallest absolute Gasteiger partial charge is 0.148 e. The van der Waals surface area contributed by atoms with Crippen molar-refractivity contribution in [1.82, 2.24) is 14.5 Å². The van der Waals surface area contributed by atoms with E-state index in [2.05, 4.69) is 161 Å². The van der Waals surface area contributed by atoms with Gasteiger partial charge in [0.1, 0.15) is 17.4 Å². The summed E-state index contributed by atoms with van der Waals surface area (Å²) < 4.78 is 16.5. The number of aromatic hydroxyl groups is 1. The Balaban J connectivity index is 0.00000529. The van der Waals surface area contributed by atoms with E-state index in [0.717, 1.165) is 83.6 Å². The SMILES string of the molecule is CC(C)(C)c1cc(-c2nc3c(-c4[c-]c(-c5cc(-c6ccccc6)ccn5)cc(-c5ccc(F)cc5)c4)cccc3n2-c2ccccc2-c2ccccc2)c(O)c(C(C)(C)C)c1.[Pt]. The predicted octanol–water partition coefficient (Wildman–Crippen LogP) is 14.7. The Bertz CT molecular complexity index is 3050. The summed E-state index contributed by atoms with van der Waals surface area (Å²) in [5.74, 6) is 0.551. The van der Waals surface area contributed by atoms with Gasteiger partial charge in [-0.2, -0.15) is 0 Å². The fourth-order valence-corrected chi connectivity index (χ4v) is 8.13. The fraction of sp³-hybridized carbons (Fsp3) is 0.143. The second kappa shape index (κ2) is 16.8. The van der Waals surface area contributed by atoms with Crippen LogP contribution < -0.4 is 0 Å². The van der Waals surface area contributed by atoms with Crippen molar-refractivity contribution in [3.8, 4) is 78.6 Å². The number of phenolic OH excluding ortho intramolecular Hbond substituents is 1. The largest absolute Gasteiger partial charge is 0.507 e. The summed E-state index contributed by atoms with van der Waals surface area (Å²) in [5.41, 5.74) is 13.9. The third-order valence-electron chi connectivity index (χ3n) is 11.4. The Morgan fingerprint density at radius 1 is 0.548 bits per heavy atom. The first kappa shape index (κ1) is 42.3. The second-order valence-corrected chi connectivity index (χ2v) is 17.7. The molecule has 0 saturated carbocycles.